The molecule has 2 nitrogen and oxygen atoms in total. The predicted molar refractivity (Wildman–Crippen MR) is 78.3 cm³/mol. The number of nitrogens with one attached hydrogen (secondary N) is 1. The second-order valence-corrected chi connectivity index (χ2v) is 5.41. The van der Waals surface area contributed by atoms with E-state index in [0.29, 0.717) is 12.0 Å². The van der Waals surface area contributed by atoms with Crippen LogP contribution in [0.2, 0.25) is 0 Å². The maximum Gasteiger partial charge on any atom is 0.0402 e. The lowest BCUT2D eigenvalue weighted by Gasteiger charge is -2.24. The average Bonchev–Trinajstić information content (AvgIpc) is 2.84. The van der Waals surface area contributed by atoms with E-state index in [1.54, 1.807) is 0 Å². The van der Waals surface area contributed by atoms with Gasteiger partial charge in [-0.3, -0.25) is 4.98 Å². The Bertz CT molecular complexity index is 577. The third kappa shape index (κ3) is 2.28. The monoisotopic (exact) mass is 252 g/mol. The average molecular weight is 252 g/mol. The molecule has 19 heavy (non-hydrogen) atoms. The van der Waals surface area contributed by atoms with Crippen molar-refractivity contribution >= 4 is 0 Å². The van der Waals surface area contributed by atoms with Crippen molar-refractivity contribution in [3.63, 3.8) is 0 Å². The summed E-state index contributed by atoms with van der Waals surface area (Å²) < 4.78 is 0. The largest absolute Gasteiger partial charge is 0.312 e. The first-order valence-corrected chi connectivity index (χ1v) is 6.96. The molecule has 2 aromatic rings. The molecule has 1 aliphatic rings. The van der Waals surface area contributed by atoms with Crippen LogP contribution >= 0.6 is 0 Å². The Morgan fingerprint density at radius 2 is 2.11 bits per heavy atom. The van der Waals surface area contributed by atoms with Gasteiger partial charge in [0.2, 0.25) is 0 Å². The van der Waals surface area contributed by atoms with Gasteiger partial charge in [-0.15, -0.1) is 0 Å². The van der Waals surface area contributed by atoms with Gasteiger partial charge in [-0.25, -0.2) is 0 Å². The molecule has 1 aromatic carbocycles. The zero-order chi connectivity index (χ0) is 13.2. The number of hydrogen-bond acceptors (Lipinski definition) is 2. The van der Waals surface area contributed by atoms with Crippen LogP contribution in [0, 0.1) is 6.92 Å². The molecule has 2 atom stereocenters. The molecule has 0 aliphatic heterocycles. The zero-order valence-electron chi connectivity index (χ0n) is 11.6. The van der Waals surface area contributed by atoms with Gasteiger partial charge < -0.3 is 5.32 Å². The number of aryl methyl sites for hydroxylation is 2. The molecule has 1 heterocycles. The summed E-state index contributed by atoms with van der Waals surface area (Å²) in [5, 5.41) is 3.49. The predicted octanol–water partition coefficient (Wildman–Crippen LogP) is 3.38. The molecule has 0 bridgehead atoms. The summed E-state index contributed by atoms with van der Waals surface area (Å²) >= 11 is 0. The first-order valence-electron chi connectivity index (χ1n) is 6.96. The van der Waals surface area contributed by atoms with E-state index >= 15 is 0 Å². The minimum Gasteiger partial charge on any atom is -0.312 e. The number of fused-ring (bicyclic) bond motifs is 1. The minimum absolute atomic E-state index is 0.357. The lowest BCUT2D eigenvalue weighted by molar-refractivity contribution is 0.475. The third-order valence-corrected chi connectivity index (χ3v) is 4.15. The van der Waals surface area contributed by atoms with Crippen LogP contribution in [-0.4, -0.2) is 12.0 Å². The molecule has 98 valence electrons. The van der Waals surface area contributed by atoms with Crippen LogP contribution in [0.4, 0.5) is 0 Å². The van der Waals surface area contributed by atoms with E-state index in [4.69, 9.17) is 0 Å². The van der Waals surface area contributed by atoms with Crippen molar-refractivity contribution in [1.29, 1.82) is 0 Å². The summed E-state index contributed by atoms with van der Waals surface area (Å²) in [5.74, 6) is 0.560. The molecule has 0 spiro atoms. The Kier molecular flexibility index (Phi) is 3.34. The topological polar surface area (TPSA) is 24.9 Å². The summed E-state index contributed by atoms with van der Waals surface area (Å²) in [5.41, 5.74) is 5.53. The smallest absolute Gasteiger partial charge is 0.0402 e. The Morgan fingerprint density at radius 3 is 2.89 bits per heavy atom. The minimum atomic E-state index is 0.357. The van der Waals surface area contributed by atoms with Crippen molar-refractivity contribution in [3.8, 4) is 0 Å². The van der Waals surface area contributed by atoms with E-state index in [-0.39, 0.29) is 0 Å². The normalized spacial score (nSPS) is 19.2. The van der Waals surface area contributed by atoms with Crippen LogP contribution < -0.4 is 5.32 Å². The first-order chi connectivity index (χ1) is 9.29. The third-order valence-electron chi connectivity index (χ3n) is 4.15. The molecule has 2 heteroatoms. The molecule has 1 aliphatic carbocycles. The molecule has 0 amide bonds. The Hall–Kier alpha value is -1.67. The quantitative estimate of drug-likeness (QED) is 0.906. The molecular formula is C17H20N2. The van der Waals surface area contributed by atoms with Gasteiger partial charge in [0.1, 0.15) is 0 Å². The van der Waals surface area contributed by atoms with E-state index in [0.717, 1.165) is 0 Å². The fourth-order valence-corrected chi connectivity index (χ4v) is 3.28. The lowest BCUT2D eigenvalue weighted by Crippen LogP contribution is -2.23. The summed E-state index contributed by atoms with van der Waals surface area (Å²) in [6, 6.07) is 11.4. The van der Waals surface area contributed by atoms with Gasteiger partial charge >= 0.3 is 0 Å². The van der Waals surface area contributed by atoms with Crippen molar-refractivity contribution in [1.82, 2.24) is 10.3 Å². The van der Waals surface area contributed by atoms with Gasteiger partial charge in [-0.1, -0.05) is 30.3 Å². The van der Waals surface area contributed by atoms with Crippen molar-refractivity contribution in [2.24, 2.45) is 0 Å². The van der Waals surface area contributed by atoms with Gasteiger partial charge in [0.15, 0.2) is 0 Å². The Balaban J connectivity index is 1.96. The molecular weight excluding hydrogens is 232 g/mol. The maximum atomic E-state index is 4.34. The molecule has 2 unspecified atom stereocenters. The fraction of sp³-hybridized carbons (Fsp3) is 0.353. The van der Waals surface area contributed by atoms with E-state index in [1.165, 1.54) is 35.1 Å². The fourth-order valence-electron chi connectivity index (χ4n) is 3.28. The van der Waals surface area contributed by atoms with Crippen LogP contribution in [0.15, 0.2) is 42.7 Å². The number of benzene rings is 1. The Morgan fingerprint density at radius 1 is 1.26 bits per heavy atom. The summed E-state index contributed by atoms with van der Waals surface area (Å²) in [6.45, 7) is 2.10. The standard InChI is InChI=1S/C17H20N2/c1-12-9-14(11-19-10-12)17(18-2)16-8-7-13-5-3-4-6-15(13)16/h3-6,9-11,16-18H,7-8H2,1-2H3. The zero-order valence-corrected chi connectivity index (χ0v) is 11.6. The van der Waals surface area contributed by atoms with E-state index in [1.807, 2.05) is 19.4 Å². The molecule has 0 saturated heterocycles. The van der Waals surface area contributed by atoms with Gasteiger partial charge in [0.05, 0.1) is 0 Å². The van der Waals surface area contributed by atoms with E-state index in [9.17, 15) is 0 Å². The molecule has 1 N–H and O–H groups in total. The van der Waals surface area contributed by atoms with Crippen molar-refractivity contribution in [2.75, 3.05) is 7.05 Å². The van der Waals surface area contributed by atoms with Gasteiger partial charge in [0.25, 0.3) is 0 Å². The summed E-state index contributed by atoms with van der Waals surface area (Å²) in [7, 11) is 2.05. The van der Waals surface area contributed by atoms with Crippen molar-refractivity contribution in [3.05, 3.63) is 65.0 Å². The van der Waals surface area contributed by atoms with Crippen LogP contribution in [0.5, 0.6) is 0 Å². The van der Waals surface area contributed by atoms with E-state index in [2.05, 4.69) is 47.6 Å². The molecule has 0 radical (unpaired) electrons. The Labute approximate surface area is 114 Å². The molecule has 3 rings (SSSR count). The second-order valence-electron chi connectivity index (χ2n) is 5.41. The number of pyridine rings is 1. The van der Waals surface area contributed by atoms with Gasteiger partial charge in [0, 0.05) is 24.4 Å². The van der Waals surface area contributed by atoms with Crippen LogP contribution in [0.1, 0.15) is 40.6 Å². The lowest BCUT2D eigenvalue weighted by atomic mass is 9.88. The van der Waals surface area contributed by atoms with Crippen LogP contribution in [-0.2, 0) is 6.42 Å². The number of likely N-dealkylation sites (N-methyl/N-ethyl adjacent to an activating group) is 1. The number of rotatable bonds is 3. The van der Waals surface area contributed by atoms with Crippen LogP contribution in [0.3, 0.4) is 0 Å². The highest BCUT2D eigenvalue weighted by Gasteiger charge is 2.29. The highest BCUT2D eigenvalue weighted by molar-refractivity contribution is 5.38. The van der Waals surface area contributed by atoms with Crippen LogP contribution in [0.25, 0.3) is 0 Å². The summed E-state index contributed by atoms with van der Waals surface area (Å²) in [6.07, 6.45) is 6.32. The van der Waals surface area contributed by atoms with Crippen molar-refractivity contribution < 1.29 is 0 Å². The highest BCUT2D eigenvalue weighted by Crippen LogP contribution is 2.41. The SMILES string of the molecule is CNC(c1cncc(C)c1)C1CCc2ccccc21. The number of aromatic nitrogens is 1. The first kappa shape index (κ1) is 12.4. The maximum absolute atomic E-state index is 4.34. The van der Waals surface area contributed by atoms with Gasteiger partial charge in [-0.05, 0) is 49.1 Å². The van der Waals surface area contributed by atoms with Crippen molar-refractivity contribution in [2.45, 2.75) is 31.7 Å². The highest BCUT2D eigenvalue weighted by atomic mass is 14.9. The second kappa shape index (κ2) is 5.14. The molecule has 0 saturated carbocycles. The molecule has 1 aromatic heterocycles. The number of nitrogens with zero attached hydrogens (tertiary/aromatic N) is 1. The van der Waals surface area contributed by atoms with E-state index < -0.39 is 0 Å². The summed E-state index contributed by atoms with van der Waals surface area (Å²) in [4.78, 5) is 4.34. The molecule has 0 fully saturated rings. The number of hydrogen-bond donors (Lipinski definition) is 1. The van der Waals surface area contributed by atoms with Gasteiger partial charge in [-0.2, -0.15) is 0 Å².